The van der Waals surface area contributed by atoms with Gasteiger partial charge < -0.3 is 10.0 Å². The number of benzene rings is 2. The van der Waals surface area contributed by atoms with Crippen molar-refractivity contribution in [2.45, 2.75) is 19.8 Å². The Morgan fingerprint density at radius 3 is 2.41 bits per heavy atom. The van der Waals surface area contributed by atoms with Crippen LogP contribution in [0.3, 0.4) is 0 Å². The van der Waals surface area contributed by atoms with Crippen LogP contribution in [0.2, 0.25) is 0 Å². The van der Waals surface area contributed by atoms with E-state index in [0.717, 1.165) is 37.7 Å². The number of fused-ring (bicyclic) bond motifs is 1. The third kappa shape index (κ3) is 2.87. The summed E-state index contributed by atoms with van der Waals surface area (Å²) in [5.41, 5.74) is 1.39. The van der Waals surface area contributed by atoms with Crippen molar-refractivity contribution in [2.24, 2.45) is 5.41 Å². The standard InChI is InChI=1S/C20H18F2N4O/c1-20(12-23)6-8-25(9-7-20)14-2-4-15(5-3-14)26-18-13(11-24-26)10-16(21)19(27)17(18)22/h2-5,10-11,27H,6-9H2,1H3. The Morgan fingerprint density at radius 1 is 1.15 bits per heavy atom. The van der Waals surface area contributed by atoms with Crippen LogP contribution in [0.15, 0.2) is 36.5 Å². The maximum absolute atomic E-state index is 14.3. The van der Waals surface area contributed by atoms with Crippen LogP contribution in [0.5, 0.6) is 5.75 Å². The van der Waals surface area contributed by atoms with Gasteiger partial charge in [0.25, 0.3) is 0 Å². The van der Waals surface area contributed by atoms with Gasteiger partial charge in [0.05, 0.1) is 23.4 Å². The number of nitrogens with zero attached hydrogens (tertiary/aromatic N) is 4. The number of hydrogen-bond acceptors (Lipinski definition) is 4. The van der Waals surface area contributed by atoms with E-state index in [1.165, 1.54) is 10.9 Å². The zero-order chi connectivity index (χ0) is 19.2. The third-order valence-electron chi connectivity index (χ3n) is 5.32. The van der Waals surface area contributed by atoms with Crippen LogP contribution in [0.1, 0.15) is 19.8 Å². The Labute approximate surface area is 155 Å². The summed E-state index contributed by atoms with van der Waals surface area (Å²) in [6.45, 7) is 3.59. The summed E-state index contributed by atoms with van der Waals surface area (Å²) in [4.78, 5) is 2.21. The molecule has 0 aliphatic carbocycles. The normalized spacial score (nSPS) is 16.4. The number of aromatic nitrogens is 2. The Balaban J connectivity index is 1.63. The van der Waals surface area contributed by atoms with Crippen molar-refractivity contribution >= 4 is 16.6 Å². The minimum Gasteiger partial charge on any atom is -0.503 e. The highest BCUT2D eigenvalue weighted by Crippen LogP contribution is 2.33. The van der Waals surface area contributed by atoms with Crippen LogP contribution >= 0.6 is 0 Å². The first-order valence-electron chi connectivity index (χ1n) is 8.73. The smallest absolute Gasteiger partial charge is 0.194 e. The fraction of sp³-hybridized carbons (Fsp3) is 0.300. The molecule has 7 heteroatoms. The molecule has 2 heterocycles. The summed E-state index contributed by atoms with van der Waals surface area (Å²) in [6, 6.07) is 10.9. The number of phenolic OH excluding ortho intramolecular Hbond substituents is 1. The number of anilines is 1. The molecule has 2 aromatic carbocycles. The summed E-state index contributed by atoms with van der Waals surface area (Å²) < 4.78 is 29.2. The van der Waals surface area contributed by atoms with Gasteiger partial charge in [-0.05, 0) is 50.1 Å². The molecule has 1 aliphatic heterocycles. The third-order valence-corrected chi connectivity index (χ3v) is 5.32. The second-order valence-corrected chi connectivity index (χ2v) is 7.19. The molecular weight excluding hydrogens is 350 g/mol. The lowest BCUT2D eigenvalue weighted by Gasteiger charge is -2.36. The van der Waals surface area contributed by atoms with E-state index in [2.05, 4.69) is 16.1 Å². The van der Waals surface area contributed by atoms with Gasteiger partial charge >= 0.3 is 0 Å². The molecule has 0 spiro atoms. The molecular formula is C20H18F2N4O. The summed E-state index contributed by atoms with van der Waals surface area (Å²) in [7, 11) is 0. The Bertz CT molecular complexity index is 1040. The molecule has 1 N–H and O–H groups in total. The van der Waals surface area contributed by atoms with Gasteiger partial charge in [-0.2, -0.15) is 10.4 Å². The molecule has 27 heavy (non-hydrogen) atoms. The second-order valence-electron chi connectivity index (χ2n) is 7.19. The summed E-state index contributed by atoms with van der Waals surface area (Å²) >= 11 is 0. The average molecular weight is 368 g/mol. The minimum absolute atomic E-state index is 0.0319. The minimum atomic E-state index is -1.03. The first kappa shape index (κ1) is 17.3. The second kappa shape index (κ2) is 6.23. The van der Waals surface area contributed by atoms with Gasteiger partial charge in [-0.3, -0.25) is 0 Å². The van der Waals surface area contributed by atoms with Gasteiger partial charge in [-0.15, -0.1) is 0 Å². The van der Waals surface area contributed by atoms with Crippen molar-refractivity contribution < 1.29 is 13.9 Å². The molecule has 1 saturated heterocycles. The van der Waals surface area contributed by atoms with E-state index >= 15 is 0 Å². The van der Waals surface area contributed by atoms with Crippen molar-refractivity contribution in [3.8, 4) is 17.5 Å². The lowest BCUT2D eigenvalue weighted by atomic mass is 9.82. The molecule has 0 bridgehead atoms. The van der Waals surface area contributed by atoms with Gasteiger partial charge in [0.1, 0.15) is 5.52 Å². The molecule has 5 nitrogen and oxygen atoms in total. The molecule has 1 fully saturated rings. The summed E-state index contributed by atoms with van der Waals surface area (Å²) in [6.07, 6.45) is 2.98. The topological polar surface area (TPSA) is 65.1 Å². The summed E-state index contributed by atoms with van der Waals surface area (Å²) in [5.74, 6) is -3.04. The van der Waals surface area contributed by atoms with E-state index in [4.69, 9.17) is 0 Å². The van der Waals surface area contributed by atoms with Gasteiger partial charge in [-0.25, -0.2) is 13.5 Å². The monoisotopic (exact) mass is 368 g/mol. The van der Waals surface area contributed by atoms with Gasteiger partial charge in [-0.1, -0.05) is 0 Å². The number of halogens is 2. The quantitative estimate of drug-likeness (QED) is 0.738. The number of piperidine rings is 1. The van der Waals surface area contributed by atoms with E-state index in [1.807, 2.05) is 19.1 Å². The maximum atomic E-state index is 14.3. The van der Waals surface area contributed by atoms with E-state index in [-0.39, 0.29) is 16.3 Å². The number of rotatable bonds is 2. The molecule has 3 aromatic rings. The average Bonchev–Trinajstić information content (AvgIpc) is 3.11. The van der Waals surface area contributed by atoms with Crippen molar-refractivity contribution in [2.75, 3.05) is 18.0 Å². The number of nitriles is 1. The van der Waals surface area contributed by atoms with Crippen molar-refractivity contribution in [3.05, 3.63) is 48.2 Å². The van der Waals surface area contributed by atoms with E-state index in [1.54, 1.807) is 12.1 Å². The van der Waals surface area contributed by atoms with Crippen molar-refractivity contribution in [3.63, 3.8) is 0 Å². The Kier molecular flexibility index (Phi) is 3.99. The molecule has 1 aromatic heterocycles. The molecule has 138 valence electrons. The van der Waals surface area contributed by atoms with E-state index in [9.17, 15) is 19.1 Å². The van der Waals surface area contributed by atoms with Gasteiger partial charge in [0, 0.05) is 24.2 Å². The first-order valence-corrected chi connectivity index (χ1v) is 8.73. The molecule has 1 aliphatic rings. The summed E-state index contributed by atoms with van der Waals surface area (Å²) in [5, 5.41) is 23.2. The van der Waals surface area contributed by atoms with Crippen molar-refractivity contribution in [1.29, 1.82) is 5.26 Å². The SMILES string of the molecule is CC1(C#N)CCN(c2ccc(-n3ncc4cc(F)c(O)c(F)c43)cc2)CC1. The predicted molar refractivity (Wildman–Crippen MR) is 97.8 cm³/mol. The molecule has 0 saturated carbocycles. The molecule has 4 rings (SSSR count). The lowest BCUT2D eigenvalue weighted by Crippen LogP contribution is -2.38. The van der Waals surface area contributed by atoms with Crippen LogP contribution < -0.4 is 4.90 Å². The molecule has 0 amide bonds. The fourth-order valence-corrected chi connectivity index (χ4v) is 3.48. The zero-order valence-electron chi connectivity index (χ0n) is 14.8. The number of phenols is 1. The zero-order valence-corrected chi connectivity index (χ0v) is 14.8. The number of hydrogen-bond donors (Lipinski definition) is 1. The van der Waals surface area contributed by atoms with Crippen LogP contribution in [-0.2, 0) is 0 Å². The maximum Gasteiger partial charge on any atom is 0.194 e. The van der Waals surface area contributed by atoms with Crippen LogP contribution in [0, 0.1) is 28.4 Å². The van der Waals surface area contributed by atoms with Crippen LogP contribution in [0.4, 0.5) is 14.5 Å². The molecule has 0 radical (unpaired) electrons. The first-order chi connectivity index (χ1) is 12.9. The van der Waals surface area contributed by atoms with E-state index < -0.39 is 17.4 Å². The number of aromatic hydroxyl groups is 1. The molecule has 0 unspecified atom stereocenters. The highest BCUT2D eigenvalue weighted by molar-refractivity contribution is 5.82. The van der Waals surface area contributed by atoms with Crippen molar-refractivity contribution in [1.82, 2.24) is 9.78 Å². The van der Waals surface area contributed by atoms with Gasteiger partial charge in [0.15, 0.2) is 17.4 Å². The Hall–Kier alpha value is -3.14. The van der Waals surface area contributed by atoms with Crippen LogP contribution in [0.25, 0.3) is 16.6 Å². The largest absolute Gasteiger partial charge is 0.503 e. The Morgan fingerprint density at radius 2 is 1.78 bits per heavy atom. The molecule has 0 atom stereocenters. The fourth-order valence-electron chi connectivity index (χ4n) is 3.48. The van der Waals surface area contributed by atoms with E-state index in [0.29, 0.717) is 5.69 Å². The van der Waals surface area contributed by atoms with Crippen LogP contribution in [-0.4, -0.2) is 28.0 Å². The highest BCUT2D eigenvalue weighted by Gasteiger charge is 2.30. The van der Waals surface area contributed by atoms with Gasteiger partial charge in [0.2, 0.25) is 0 Å². The lowest BCUT2D eigenvalue weighted by molar-refractivity contribution is 0.337. The predicted octanol–water partition coefficient (Wildman–Crippen LogP) is 4.14. The highest BCUT2D eigenvalue weighted by atomic mass is 19.1.